The van der Waals surface area contributed by atoms with Crippen molar-refractivity contribution < 1.29 is 9.47 Å². The molecule has 0 aromatic heterocycles. The van der Waals surface area contributed by atoms with Gasteiger partial charge in [-0.15, -0.1) is 0 Å². The molecule has 0 radical (unpaired) electrons. The lowest BCUT2D eigenvalue weighted by atomic mass is 9.96. The molecule has 1 aromatic carbocycles. The SMILES string of the molecule is CCNC(=NCCc1ccc2c(c1)CCO2)N(C)CCC1CCOCC1. The number of ether oxygens (including phenoxy) is 2. The number of guanidine groups is 1. The highest BCUT2D eigenvalue weighted by Gasteiger charge is 2.15. The van der Waals surface area contributed by atoms with E-state index in [0.717, 1.165) is 69.9 Å². The van der Waals surface area contributed by atoms with Gasteiger partial charge in [0.1, 0.15) is 5.75 Å². The monoisotopic (exact) mass is 359 g/mol. The summed E-state index contributed by atoms with van der Waals surface area (Å²) in [6.07, 6.45) is 5.61. The van der Waals surface area contributed by atoms with Crippen LogP contribution in [0, 0.1) is 5.92 Å². The van der Waals surface area contributed by atoms with E-state index in [0.29, 0.717) is 0 Å². The van der Waals surface area contributed by atoms with Crippen LogP contribution in [-0.4, -0.2) is 57.4 Å². The van der Waals surface area contributed by atoms with Crippen LogP contribution >= 0.6 is 0 Å². The van der Waals surface area contributed by atoms with Crippen molar-refractivity contribution in [3.05, 3.63) is 29.3 Å². The smallest absolute Gasteiger partial charge is 0.193 e. The molecule has 5 heteroatoms. The summed E-state index contributed by atoms with van der Waals surface area (Å²) in [5.41, 5.74) is 2.69. The summed E-state index contributed by atoms with van der Waals surface area (Å²) in [4.78, 5) is 7.11. The molecule has 2 aliphatic rings. The molecule has 0 bridgehead atoms. The fourth-order valence-electron chi connectivity index (χ4n) is 3.67. The third-order valence-electron chi connectivity index (χ3n) is 5.33. The normalized spacial score (nSPS) is 17.7. The Labute approximate surface area is 157 Å². The van der Waals surface area contributed by atoms with Gasteiger partial charge >= 0.3 is 0 Å². The summed E-state index contributed by atoms with van der Waals surface area (Å²) in [5, 5.41) is 3.43. The van der Waals surface area contributed by atoms with Gasteiger partial charge in [-0.1, -0.05) is 12.1 Å². The van der Waals surface area contributed by atoms with Gasteiger partial charge in [-0.25, -0.2) is 0 Å². The topological polar surface area (TPSA) is 46.1 Å². The van der Waals surface area contributed by atoms with Crippen LogP contribution in [0.25, 0.3) is 0 Å². The molecule has 2 aliphatic heterocycles. The van der Waals surface area contributed by atoms with Gasteiger partial charge in [0.25, 0.3) is 0 Å². The number of hydrogen-bond acceptors (Lipinski definition) is 3. The van der Waals surface area contributed by atoms with Gasteiger partial charge in [0, 0.05) is 46.3 Å². The van der Waals surface area contributed by atoms with Crippen LogP contribution < -0.4 is 10.1 Å². The van der Waals surface area contributed by atoms with E-state index in [2.05, 4.69) is 42.4 Å². The maximum Gasteiger partial charge on any atom is 0.193 e. The maximum atomic E-state index is 5.58. The molecule has 3 rings (SSSR count). The molecule has 0 atom stereocenters. The van der Waals surface area contributed by atoms with Crippen LogP contribution in [0.15, 0.2) is 23.2 Å². The average molecular weight is 360 g/mol. The van der Waals surface area contributed by atoms with Crippen molar-refractivity contribution in [1.29, 1.82) is 0 Å². The Hall–Kier alpha value is -1.75. The Bertz CT molecular complexity index is 597. The van der Waals surface area contributed by atoms with Crippen LogP contribution in [0.1, 0.15) is 37.3 Å². The molecule has 26 heavy (non-hydrogen) atoms. The fraction of sp³-hybridized carbons (Fsp3) is 0.667. The summed E-state index contributed by atoms with van der Waals surface area (Å²) in [5.74, 6) is 2.87. The second-order valence-corrected chi connectivity index (χ2v) is 7.29. The molecule has 2 heterocycles. The standard InChI is InChI=1S/C21H33N3O2/c1-3-22-21(24(2)12-7-17-8-13-25-14-9-17)23-11-6-18-4-5-20-19(16-18)10-15-26-20/h4-5,16-17H,3,6-15H2,1-2H3,(H,22,23). The summed E-state index contributed by atoms with van der Waals surface area (Å²) in [6.45, 7) is 7.55. The molecule has 1 aromatic rings. The Morgan fingerprint density at radius 2 is 2.12 bits per heavy atom. The minimum atomic E-state index is 0.794. The van der Waals surface area contributed by atoms with Crippen molar-refractivity contribution in [3.8, 4) is 5.75 Å². The minimum Gasteiger partial charge on any atom is -0.493 e. The van der Waals surface area contributed by atoms with Crippen LogP contribution in [0.4, 0.5) is 0 Å². The van der Waals surface area contributed by atoms with E-state index in [1.807, 2.05) is 0 Å². The zero-order valence-corrected chi connectivity index (χ0v) is 16.3. The van der Waals surface area contributed by atoms with Crippen molar-refractivity contribution >= 4 is 5.96 Å². The van der Waals surface area contributed by atoms with Gasteiger partial charge in [0.2, 0.25) is 0 Å². The molecule has 0 aliphatic carbocycles. The third kappa shape index (κ3) is 5.37. The van der Waals surface area contributed by atoms with Crippen LogP contribution in [-0.2, 0) is 17.6 Å². The molecule has 1 N–H and O–H groups in total. The van der Waals surface area contributed by atoms with Gasteiger partial charge in [0.05, 0.1) is 6.61 Å². The number of rotatable bonds is 7. The van der Waals surface area contributed by atoms with E-state index in [1.165, 1.54) is 30.4 Å². The second kappa shape index (κ2) is 9.81. The Kier molecular flexibility index (Phi) is 7.18. The molecule has 0 unspecified atom stereocenters. The molecule has 5 nitrogen and oxygen atoms in total. The van der Waals surface area contributed by atoms with E-state index < -0.39 is 0 Å². The minimum absolute atomic E-state index is 0.794. The Balaban J connectivity index is 1.49. The highest BCUT2D eigenvalue weighted by atomic mass is 16.5. The lowest BCUT2D eigenvalue weighted by Gasteiger charge is -2.26. The lowest BCUT2D eigenvalue weighted by Crippen LogP contribution is -2.40. The quantitative estimate of drug-likeness (QED) is 0.601. The highest BCUT2D eigenvalue weighted by Crippen LogP contribution is 2.26. The Morgan fingerprint density at radius 1 is 1.27 bits per heavy atom. The van der Waals surface area contributed by atoms with Gasteiger partial charge < -0.3 is 19.7 Å². The zero-order valence-electron chi connectivity index (χ0n) is 16.3. The summed E-state index contributed by atoms with van der Waals surface area (Å²) >= 11 is 0. The molecule has 144 valence electrons. The molecule has 1 saturated heterocycles. The highest BCUT2D eigenvalue weighted by molar-refractivity contribution is 5.79. The number of nitrogens with zero attached hydrogens (tertiary/aromatic N) is 2. The molecule has 0 saturated carbocycles. The third-order valence-corrected chi connectivity index (χ3v) is 5.33. The second-order valence-electron chi connectivity index (χ2n) is 7.29. The molecular formula is C21H33N3O2. The first-order valence-electron chi connectivity index (χ1n) is 10.1. The van der Waals surface area contributed by atoms with Crippen molar-refractivity contribution in [1.82, 2.24) is 10.2 Å². The predicted octanol–water partition coefficient (Wildman–Crippen LogP) is 2.88. The van der Waals surface area contributed by atoms with E-state index in [-0.39, 0.29) is 0 Å². The molecular weight excluding hydrogens is 326 g/mol. The number of hydrogen-bond donors (Lipinski definition) is 1. The van der Waals surface area contributed by atoms with E-state index in [1.54, 1.807) is 0 Å². The van der Waals surface area contributed by atoms with Crippen molar-refractivity contribution in [2.75, 3.05) is 46.5 Å². The number of aliphatic imine (C=N–C) groups is 1. The first kappa shape index (κ1) is 19.0. The molecule has 1 fully saturated rings. The van der Waals surface area contributed by atoms with E-state index in [9.17, 15) is 0 Å². The predicted molar refractivity (Wildman–Crippen MR) is 106 cm³/mol. The fourth-order valence-corrected chi connectivity index (χ4v) is 3.67. The molecule has 0 spiro atoms. The van der Waals surface area contributed by atoms with Crippen molar-refractivity contribution in [2.45, 2.75) is 39.0 Å². The number of nitrogens with one attached hydrogen (secondary N) is 1. The first-order valence-corrected chi connectivity index (χ1v) is 10.1. The largest absolute Gasteiger partial charge is 0.493 e. The summed E-state index contributed by atoms with van der Waals surface area (Å²) in [6, 6.07) is 6.55. The summed E-state index contributed by atoms with van der Waals surface area (Å²) < 4.78 is 11.0. The maximum absolute atomic E-state index is 5.58. The van der Waals surface area contributed by atoms with Crippen LogP contribution in [0.3, 0.4) is 0 Å². The van der Waals surface area contributed by atoms with Gasteiger partial charge in [-0.05, 0) is 55.7 Å². The average Bonchev–Trinajstić information content (AvgIpc) is 3.14. The lowest BCUT2D eigenvalue weighted by molar-refractivity contribution is 0.0625. The van der Waals surface area contributed by atoms with E-state index in [4.69, 9.17) is 14.5 Å². The van der Waals surface area contributed by atoms with Crippen molar-refractivity contribution in [2.24, 2.45) is 10.9 Å². The number of fused-ring (bicyclic) bond motifs is 1. The van der Waals surface area contributed by atoms with Crippen molar-refractivity contribution in [3.63, 3.8) is 0 Å². The molecule has 0 amide bonds. The number of benzene rings is 1. The van der Waals surface area contributed by atoms with Crippen LogP contribution in [0.5, 0.6) is 5.75 Å². The van der Waals surface area contributed by atoms with Gasteiger partial charge in [0.15, 0.2) is 5.96 Å². The zero-order chi connectivity index (χ0) is 18.2. The van der Waals surface area contributed by atoms with E-state index >= 15 is 0 Å². The van der Waals surface area contributed by atoms with Gasteiger partial charge in [-0.3, -0.25) is 4.99 Å². The Morgan fingerprint density at radius 3 is 2.92 bits per heavy atom. The van der Waals surface area contributed by atoms with Gasteiger partial charge in [-0.2, -0.15) is 0 Å². The first-order chi connectivity index (χ1) is 12.8. The van der Waals surface area contributed by atoms with Crippen LogP contribution in [0.2, 0.25) is 0 Å². The summed E-state index contributed by atoms with van der Waals surface area (Å²) in [7, 11) is 2.15.